The lowest BCUT2D eigenvalue weighted by atomic mass is 10.0. The van der Waals surface area contributed by atoms with Gasteiger partial charge in [-0.3, -0.25) is 4.79 Å². The Bertz CT molecular complexity index is 878. The summed E-state index contributed by atoms with van der Waals surface area (Å²) in [7, 11) is -2.48. The van der Waals surface area contributed by atoms with Crippen molar-refractivity contribution in [1.82, 2.24) is 9.71 Å². The van der Waals surface area contributed by atoms with Gasteiger partial charge >= 0.3 is 0 Å². The monoisotopic (exact) mass is 348 g/mol. The fraction of sp³-hybridized carbons (Fsp3) is 0.250. The Morgan fingerprint density at radius 3 is 2.79 bits per heavy atom. The van der Waals surface area contributed by atoms with E-state index in [2.05, 4.69) is 9.71 Å². The molecule has 126 valence electrons. The molecule has 3 rings (SSSR count). The van der Waals surface area contributed by atoms with Crippen molar-refractivity contribution in [3.63, 3.8) is 0 Å². The van der Waals surface area contributed by atoms with Crippen LogP contribution in [0.15, 0.2) is 41.4 Å². The summed E-state index contributed by atoms with van der Waals surface area (Å²) in [5, 5.41) is 9.13. The third kappa shape index (κ3) is 2.92. The molecular weight excluding hydrogens is 332 g/mol. The van der Waals surface area contributed by atoms with Gasteiger partial charge in [0.2, 0.25) is 11.8 Å². The maximum atomic E-state index is 12.5. The molecule has 2 aromatic rings. The van der Waals surface area contributed by atoms with Gasteiger partial charge in [0.1, 0.15) is 10.6 Å². The number of hydrogen-bond donors (Lipinski definition) is 2. The fourth-order valence-corrected chi connectivity index (χ4v) is 3.84. The van der Waals surface area contributed by atoms with Crippen LogP contribution in [0.3, 0.4) is 0 Å². The summed E-state index contributed by atoms with van der Waals surface area (Å²) in [4.78, 5) is 15.8. The van der Waals surface area contributed by atoms with Gasteiger partial charge in [-0.1, -0.05) is 12.1 Å². The summed E-state index contributed by atoms with van der Waals surface area (Å²) < 4.78 is 31.9. The highest BCUT2D eigenvalue weighted by Crippen LogP contribution is 2.38. The van der Waals surface area contributed by atoms with Gasteiger partial charge in [-0.2, -0.15) is 0 Å². The molecule has 8 heteroatoms. The lowest BCUT2D eigenvalue weighted by Crippen LogP contribution is -2.34. The molecule has 2 N–H and O–H groups in total. The van der Waals surface area contributed by atoms with Crippen molar-refractivity contribution in [2.24, 2.45) is 0 Å². The molecule has 1 unspecified atom stereocenters. The Labute approximate surface area is 139 Å². The van der Waals surface area contributed by atoms with Crippen LogP contribution in [0.5, 0.6) is 11.6 Å². The number of amides is 1. The van der Waals surface area contributed by atoms with E-state index in [0.29, 0.717) is 18.6 Å². The molecule has 0 fully saturated rings. The molecule has 1 amide bonds. The fourth-order valence-electron chi connectivity index (χ4n) is 2.88. The van der Waals surface area contributed by atoms with Gasteiger partial charge in [0, 0.05) is 6.07 Å². The normalized spacial score (nSPS) is 16.5. The van der Waals surface area contributed by atoms with Gasteiger partial charge in [-0.25, -0.2) is 18.1 Å². The van der Waals surface area contributed by atoms with Crippen molar-refractivity contribution in [3.8, 4) is 11.6 Å². The first-order chi connectivity index (χ1) is 11.4. The second-order valence-electron chi connectivity index (χ2n) is 5.44. The number of benzene rings is 1. The first-order valence-corrected chi connectivity index (χ1v) is 8.78. The Morgan fingerprint density at radius 2 is 2.12 bits per heavy atom. The number of methoxy groups -OCH3 is 1. The smallest absolute Gasteiger partial charge is 0.265 e. The van der Waals surface area contributed by atoms with Gasteiger partial charge in [0.05, 0.1) is 19.2 Å². The molecule has 1 heterocycles. The number of carbonyl (C=O) groups excluding carboxylic acids is 1. The molecular formula is C16H16N2O5S. The van der Waals surface area contributed by atoms with Crippen LogP contribution in [0, 0.1) is 0 Å². The van der Waals surface area contributed by atoms with Crippen LogP contribution in [0.4, 0.5) is 0 Å². The lowest BCUT2D eigenvalue weighted by Gasteiger charge is -2.13. The zero-order valence-electron chi connectivity index (χ0n) is 12.9. The predicted octanol–water partition coefficient (Wildman–Crippen LogP) is 1.33. The highest BCUT2D eigenvalue weighted by molar-refractivity contribution is 7.90. The van der Waals surface area contributed by atoms with E-state index in [0.717, 1.165) is 23.4 Å². The number of nitrogens with one attached hydrogen (secondary N) is 1. The molecule has 0 saturated carbocycles. The number of sulfonamides is 1. The van der Waals surface area contributed by atoms with Crippen LogP contribution in [0.25, 0.3) is 0 Å². The Balaban J connectivity index is 1.83. The third-order valence-corrected chi connectivity index (χ3v) is 5.36. The molecule has 1 aliphatic carbocycles. The molecule has 0 aliphatic heterocycles. The Kier molecular flexibility index (Phi) is 4.15. The average molecular weight is 348 g/mol. The molecule has 0 saturated heterocycles. The molecule has 0 bridgehead atoms. The molecule has 1 aliphatic rings. The number of hydrogen-bond acceptors (Lipinski definition) is 6. The number of nitrogens with zero attached hydrogens (tertiary/aromatic N) is 1. The minimum absolute atomic E-state index is 0.183. The quantitative estimate of drug-likeness (QED) is 0.863. The molecule has 24 heavy (non-hydrogen) atoms. The zero-order chi connectivity index (χ0) is 17.3. The summed E-state index contributed by atoms with van der Waals surface area (Å²) >= 11 is 0. The molecule has 1 aromatic heterocycles. The van der Waals surface area contributed by atoms with Crippen LogP contribution in [0.2, 0.25) is 0 Å². The molecule has 0 radical (unpaired) electrons. The Morgan fingerprint density at radius 1 is 1.33 bits per heavy atom. The van der Waals surface area contributed by atoms with Crippen molar-refractivity contribution >= 4 is 15.9 Å². The number of fused-ring (bicyclic) bond motifs is 1. The minimum Gasteiger partial charge on any atom is -0.496 e. The van der Waals surface area contributed by atoms with Gasteiger partial charge in [0.15, 0.2) is 0 Å². The highest BCUT2D eigenvalue weighted by atomic mass is 32.2. The van der Waals surface area contributed by atoms with Crippen LogP contribution < -0.4 is 9.46 Å². The van der Waals surface area contributed by atoms with Crippen LogP contribution in [0.1, 0.15) is 23.5 Å². The minimum atomic E-state index is -4.04. The van der Waals surface area contributed by atoms with E-state index in [-0.39, 0.29) is 10.8 Å². The van der Waals surface area contributed by atoms with E-state index in [1.54, 1.807) is 13.2 Å². The van der Waals surface area contributed by atoms with Gasteiger partial charge in [-0.15, -0.1) is 0 Å². The summed E-state index contributed by atoms with van der Waals surface area (Å²) in [6.07, 6.45) is 2.17. The van der Waals surface area contributed by atoms with E-state index in [4.69, 9.17) is 9.84 Å². The number of rotatable bonds is 4. The molecule has 7 nitrogen and oxygen atoms in total. The van der Waals surface area contributed by atoms with E-state index in [1.807, 2.05) is 12.1 Å². The lowest BCUT2D eigenvalue weighted by molar-refractivity contribution is -0.120. The second-order valence-corrected chi connectivity index (χ2v) is 7.12. The first-order valence-electron chi connectivity index (χ1n) is 7.30. The molecule has 1 aromatic carbocycles. The van der Waals surface area contributed by atoms with Crippen molar-refractivity contribution < 1.29 is 23.1 Å². The van der Waals surface area contributed by atoms with E-state index in [9.17, 15) is 13.2 Å². The average Bonchev–Trinajstić information content (AvgIpc) is 2.99. The first kappa shape index (κ1) is 16.3. The summed E-state index contributed by atoms with van der Waals surface area (Å²) in [5.41, 5.74) is 1.72. The molecule has 0 spiro atoms. The topological polar surface area (TPSA) is 106 Å². The van der Waals surface area contributed by atoms with Crippen LogP contribution in [-0.2, 0) is 21.2 Å². The number of aromatic hydroxyl groups is 1. The summed E-state index contributed by atoms with van der Waals surface area (Å²) in [6.45, 7) is 0. The number of pyridine rings is 1. The Hall–Kier alpha value is -2.61. The van der Waals surface area contributed by atoms with Crippen molar-refractivity contribution in [2.45, 2.75) is 23.7 Å². The third-order valence-electron chi connectivity index (χ3n) is 4.03. The number of ether oxygens (including phenoxy) is 1. The van der Waals surface area contributed by atoms with E-state index in [1.165, 1.54) is 6.07 Å². The maximum Gasteiger partial charge on any atom is 0.265 e. The van der Waals surface area contributed by atoms with E-state index >= 15 is 0 Å². The standard InChI is InChI=1S/C16H16N2O5S/c1-23-14-4-2-3-11-12(14)6-7-13(11)16(20)18-24(21,22)10-5-8-15(19)17-9-10/h2-5,8-9,13H,6-7H2,1H3,(H,17,19)(H,18,20). The van der Waals surface area contributed by atoms with Crippen LogP contribution >= 0.6 is 0 Å². The predicted molar refractivity (Wildman–Crippen MR) is 85.3 cm³/mol. The van der Waals surface area contributed by atoms with Gasteiger partial charge < -0.3 is 9.84 Å². The summed E-state index contributed by atoms with van der Waals surface area (Å²) in [6, 6.07) is 7.74. The van der Waals surface area contributed by atoms with Crippen molar-refractivity contribution in [1.29, 1.82) is 0 Å². The number of carbonyl (C=O) groups is 1. The summed E-state index contributed by atoms with van der Waals surface area (Å²) in [5.74, 6) is -0.726. The highest BCUT2D eigenvalue weighted by Gasteiger charge is 2.32. The largest absolute Gasteiger partial charge is 0.496 e. The maximum absolute atomic E-state index is 12.5. The molecule has 1 atom stereocenters. The van der Waals surface area contributed by atoms with Gasteiger partial charge in [-0.05, 0) is 36.1 Å². The van der Waals surface area contributed by atoms with Gasteiger partial charge in [0.25, 0.3) is 10.0 Å². The second kappa shape index (κ2) is 6.12. The van der Waals surface area contributed by atoms with Crippen LogP contribution in [-0.4, -0.2) is 31.5 Å². The zero-order valence-corrected chi connectivity index (χ0v) is 13.7. The van der Waals surface area contributed by atoms with Crippen molar-refractivity contribution in [2.75, 3.05) is 7.11 Å². The van der Waals surface area contributed by atoms with E-state index < -0.39 is 21.8 Å². The SMILES string of the molecule is COc1cccc2c1CCC2C(=O)NS(=O)(=O)c1ccc(O)nc1. The van der Waals surface area contributed by atoms with Crippen molar-refractivity contribution in [3.05, 3.63) is 47.7 Å². The number of aromatic nitrogens is 1.